The van der Waals surface area contributed by atoms with Gasteiger partial charge in [-0.15, -0.1) is 11.3 Å². The third-order valence-corrected chi connectivity index (χ3v) is 4.32. The van der Waals surface area contributed by atoms with E-state index >= 15 is 0 Å². The monoisotopic (exact) mass is 314 g/mol. The van der Waals surface area contributed by atoms with Crippen molar-refractivity contribution in [2.75, 3.05) is 17.2 Å². The van der Waals surface area contributed by atoms with E-state index in [4.69, 9.17) is 10.5 Å². The van der Waals surface area contributed by atoms with Gasteiger partial charge >= 0.3 is 0 Å². The molecule has 22 heavy (non-hydrogen) atoms. The molecule has 3 rings (SSSR count). The number of unbranched alkanes of at least 4 members (excludes halogenated alkanes) is 1. The van der Waals surface area contributed by atoms with E-state index in [0.717, 1.165) is 23.4 Å². The number of nitrogens with zero attached hydrogens (tertiary/aromatic N) is 1. The summed E-state index contributed by atoms with van der Waals surface area (Å²) in [6.07, 6.45) is 3.76. The summed E-state index contributed by atoms with van der Waals surface area (Å²) in [5.41, 5.74) is 7.25. The molecule has 5 heteroatoms. The number of ether oxygens (including phenoxy) is 1. The number of nitrogens with two attached hydrogens (primary N) is 1. The molecule has 2 aromatic rings. The smallest absolute Gasteiger partial charge is 0.294 e. The molecule has 114 valence electrons. The molecule has 1 amide bonds. The van der Waals surface area contributed by atoms with Crippen LogP contribution in [0.2, 0.25) is 0 Å². The highest BCUT2D eigenvalue weighted by Crippen LogP contribution is 2.37. The molecule has 2 N–H and O–H groups in total. The van der Waals surface area contributed by atoms with Crippen LogP contribution >= 0.6 is 11.3 Å². The molecule has 1 aromatic heterocycles. The number of thiophene rings is 1. The number of amides is 1. The van der Waals surface area contributed by atoms with Crippen molar-refractivity contribution in [1.82, 2.24) is 0 Å². The van der Waals surface area contributed by atoms with E-state index < -0.39 is 0 Å². The highest BCUT2D eigenvalue weighted by Gasteiger charge is 2.30. The van der Waals surface area contributed by atoms with Crippen LogP contribution < -0.4 is 15.4 Å². The second-order valence-electron chi connectivity index (χ2n) is 5.16. The van der Waals surface area contributed by atoms with Crippen molar-refractivity contribution >= 4 is 34.7 Å². The first-order valence-electron chi connectivity index (χ1n) is 7.33. The topological polar surface area (TPSA) is 55.6 Å². The molecule has 0 atom stereocenters. The van der Waals surface area contributed by atoms with Crippen LogP contribution in [0.1, 0.15) is 24.6 Å². The maximum atomic E-state index is 12.7. The second-order valence-corrected chi connectivity index (χ2v) is 6.14. The standard InChI is InChI=1S/C17H18N2O2S/c1-2-3-8-19-14-7-6-12(18)10-15(14)21-16(17(19)20)11-13-5-4-9-22-13/h4-7,9-11H,2-3,8,18H2,1H3/b16-11+. The minimum absolute atomic E-state index is 0.0980. The highest BCUT2D eigenvalue weighted by molar-refractivity contribution is 7.10. The quantitative estimate of drug-likeness (QED) is 0.688. The van der Waals surface area contributed by atoms with Gasteiger partial charge in [0.1, 0.15) is 0 Å². The summed E-state index contributed by atoms with van der Waals surface area (Å²) in [5.74, 6) is 0.884. The number of benzene rings is 1. The van der Waals surface area contributed by atoms with Crippen molar-refractivity contribution in [3.63, 3.8) is 0 Å². The van der Waals surface area contributed by atoms with Gasteiger partial charge in [-0.05, 0) is 30.0 Å². The fourth-order valence-electron chi connectivity index (χ4n) is 2.37. The maximum Gasteiger partial charge on any atom is 0.294 e. The molecule has 1 aromatic carbocycles. The zero-order valence-electron chi connectivity index (χ0n) is 12.4. The van der Waals surface area contributed by atoms with Gasteiger partial charge in [0.05, 0.1) is 5.69 Å². The van der Waals surface area contributed by atoms with Crippen LogP contribution in [0.15, 0.2) is 41.5 Å². The van der Waals surface area contributed by atoms with Gasteiger partial charge in [0.15, 0.2) is 11.5 Å². The second kappa shape index (κ2) is 6.23. The van der Waals surface area contributed by atoms with E-state index in [1.54, 1.807) is 34.4 Å². The Morgan fingerprint density at radius 3 is 2.95 bits per heavy atom. The Bertz CT molecular complexity index is 707. The lowest BCUT2D eigenvalue weighted by atomic mass is 10.1. The van der Waals surface area contributed by atoms with E-state index in [9.17, 15) is 4.79 Å². The summed E-state index contributed by atoms with van der Waals surface area (Å²) >= 11 is 1.57. The zero-order valence-corrected chi connectivity index (χ0v) is 13.2. The van der Waals surface area contributed by atoms with E-state index in [1.165, 1.54) is 0 Å². The first kappa shape index (κ1) is 14.7. The number of hydrogen-bond acceptors (Lipinski definition) is 4. The van der Waals surface area contributed by atoms with E-state index in [0.29, 0.717) is 23.7 Å². The average molecular weight is 314 g/mol. The van der Waals surface area contributed by atoms with Gasteiger partial charge in [0.2, 0.25) is 0 Å². The number of fused-ring (bicyclic) bond motifs is 1. The summed E-state index contributed by atoms with van der Waals surface area (Å²) in [4.78, 5) is 15.5. The highest BCUT2D eigenvalue weighted by atomic mass is 32.1. The summed E-state index contributed by atoms with van der Waals surface area (Å²) in [6, 6.07) is 9.32. The Hall–Kier alpha value is -2.27. The lowest BCUT2D eigenvalue weighted by Crippen LogP contribution is -2.38. The maximum absolute atomic E-state index is 12.7. The van der Waals surface area contributed by atoms with Crippen LogP contribution in [0.3, 0.4) is 0 Å². The number of anilines is 2. The van der Waals surface area contributed by atoms with Crippen molar-refractivity contribution in [1.29, 1.82) is 0 Å². The molecule has 0 bridgehead atoms. The molecule has 1 aliphatic heterocycles. The third kappa shape index (κ3) is 2.85. The largest absolute Gasteiger partial charge is 0.449 e. The average Bonchev–Trinajstić information content (AvgIpc) is 3.00. The molecule has 0 spiro atoms. The van der Waals surface area contributed by atoms with Crippen LogP contribution in [0.5, 0.6) is 5.75 Å². The first-order chi connectivity index (χ1) is 10.7. The number of hydrogen-bond donors (Lipinski definition) is 1. The Kier molecular flexibility index (Phi) is 4.15. The van der Waals surface area contributed by atoms with Crippen LogP contribution in [-0.2, 0) is 4.79 Å². The predicted molar refractivity (Wildman–Crippen MR) is 91.0 cm³/mol. The molecule has 0 saturated carbocycles. The van der Waals surface area contributed by atoms with Gasteiger partial charge in [0.25, 0.3) is 5.91 Å². The summed E-state index contributed by atoms with van der Waals surface area (Å²) in [7, 11) is 0. The molecular formula is C17H18N2O2S. The summed E-state index contributed by atoms with van der Waals surface area (Å²) < 4.78 is 5.81. The number of carbonyl (C=O) groups excluding carboxylic acids is 1. The fraction of sp³-hybridized carbons (Fsp3) is 0.235. The zero-order chi connectivity index (χ0) is 15.5. The molecule has 0 saturated heterocycles. The number of nitrogen functional groups attached to an aromatic ring is 1. The van der Waals surface area contributed by atoms with Crippen molar-refractivity contribution in [2.24, 2.45) is 0 Å². The predicted octanol–water partition coefficient (Wildman–Crippen LogP) is 3.90. The van der Waals surface area contributed by atoms with Crippen molar-refractivity contribution < 1.29 is 9.53 Å². The third-order valence-electron chi connectivity index (χ3n) is 3.50. The number of rotatable bonds is 4. The molecule has 4 nitrogen and oxygen atoms in total. The molecular weight excluding hydrogens is 296 g/mol. The summed E-state index contributed by atoms with van der Waals surface area (Å²) in [5, 5.41) is 1.97. The van der Waals surface area contributed by atoms with Crippen LogP contribution in [-0.4, -0.2) is 12.5 Å². The molecule has 0 fully saturated rings. The Morgan fingerprint density at radius 1 is 1.36 bits per heavy atom. The molecule has 0 aliphatic carbocycles. The van der Waals surface area contributed by atoms with Crippen LogP contribution in [0.4, 0.5) is 11.4 Å². The first-order valence-corrected chi connectivity index (χ1v) is 8.21. The van der Waals surface area contributed by atoms with Crippen molar-refractivity contribution in [2.45, 2.75) is 19.8 Å². The fourth-order valence-corrected chi connectivity index (χ4v) is 3.02. The minimum Gasteiger partial charge on any atom is -0.449 e. The lowest BCUT2D eigenvalue weighted by Gasteiger charge is -2.30. The van der Waals surface area contributed by atoms with E-state index in [-0.39, 0.29) is 5.91 Å². The lowest BCUT2D eigenvalue weighted by molar-refractivity contribution is -0.117. The van der Waals surface area contributed by atoms with Crippen molar-refractivity contribution in [3.05, 3.63) is 46.3 Å². The van der Waals surface area contributed by atoms with Crippen molar-refractivity contribution in [3.8, 4) is 5.75 Å². The Morgan fingerprint density at radius 2 is 2.23 bits per heavy atom. The normalized spacial score (nSPS) is 15.8. The van der Waals surface area contributed by atoms with Gasteiger partial charge in [-0.3, -0.25) is 4.79 Å². The Labute approximate surface area is 133 Å². The van der Waals surface area contributed by atoms with E-state index in [2.05, 4.69) is 6.92 Å². The number of carbonyl (C=O) groups is 1. The van der Waals surface area contributed by atoms with E-state index in [1.807, 2.05) is 23.6 Å². The van der Waals surface area contributed by atoms with Gasteiger partial charge in [0, 0.05) is 29.3 Å². The van der Waals surface area contributed by atoms with Gasteiger partial charge in [-0.2, -0.15) is 0 Å². The molecule has 1 aliphatic rings. The van der Waals surface area contributed by atoms with Gasteiger partial charge in [-0.1, -0.05) is 19.4 Å². The molecule has 0 radical (unpaired) electrons. The minimum atomic E-state index is -0.0980. The van der Waals surface area contributed by atoms with Gasteiger partial charge < -0.3 is 15.4 Å². The summed E-state index contributed by atoms with van der Waals surface area (Å²) in [6.45, 7) is 2.79. The van der Waals surface area contributed by atoms with Gasteiger partial charge in [-0.25, -0.2) is 0 Å². The Balaban J connectivity index is 2.01. The van der Waals surface area contributed by atoms with Crippen LogP contribution in [0.25, 0.3) is 6.08 Å². The van der Waals surface area contributed by atoms with Crippen LogP contribution in [0, 0.1) is 0 Å². The molecule has 2 heterocycles. The SMILES string of the molecule is CCCCN1C(=O)/C(=C\c2cccs2)Oc2cc(N)ccc21. The molecule has 0 unspecified atom stereocenters.